The molecule has 0 saturated carbocycles. The normalized spacial score (nSPS) is 21.3. The van der Waals surface area contributed by atoms with Crippen LogP contribution < -0.4 is 5.32 Å². The molecule has 2 aliphatic rings. The summed E-state index contributed by atoms with van der Waals surface area (Å²) < 4.78 is 31.7. The zero-order chi connectivity index (χ0) is 27.7. The quantitative estimate of drug-likeness (QED) is 0.409. The number of pyridine rings is 1. The molecule has 2 atom stereocenters. The Kier molecular flexibility index (Phi) is 8.29. The lowest BCUT2D eigenvalue weighted by atomic mass is 9.87. The predicted molar refractivity (Wildman–Crippen MR) is 148 cm³/mol. The van der Waals surface area contributed by atoms with Crippen molar-refractivity contribution in [3.05, 3.63) is 53.0 Å². The molecule has 3 heterocycles. The predicted octanol–water partition coefficient (Wildman–Crippen LogP) is 7.02. The fourth-order valence-corrected chi connectivity index (χ4v) is 5.24. The van der Waals surface area contributed by atoms with E-state index in [0.29, 0.717) is 6.42 Å². The van der Waals surface area contributed by atoms with E-state index in [1.807, 2.05) is 52.8 Å². The average Bonchev–Trinajstić information content (AvgIpc) is 2.80. The molecule has 1 aromatic carbocycles. The van der Waals surface area contributed by atoms with Gasteiger partial charge in [0.15, 0.2) is 5.79 Å². The van der Waals surface area contributed by atoms with Gasteiger partial charge in [-0.05, 0) is 76.6 Å². The summed E-state index contributed by atoms with van der Waals surface area (Å²) >= 11 is 0. The van der Waals surface area contributed by atoms with Crippen molar-refractivity contribution in [1.29, 1.82) is 0 Å². The first-order chi connectivity index (χ1) is 17.8. The minimum atomic E-state index is -0.849. The van der Waals surface area contributed by atoms with Crippen molar-refractivity contribution in [2.24, 2.45) is 0 Å². The third-order valence-electron chi connectivity index (χ3n) is 6.61. The van der Waals surface area contributed by atoms with Gasteiger partial charge in [-0.1, -0.05) is 38.1 Å². The molecule has 1 aromatic heterocycles. The van der Waals surface area contributed by atoms with Gasteiger partial charge in [-0.2, -0.15) is 0 Å². The maximum Gasteiger partial charge on any atom is 0.308 e. The van der Waals surface area contributed by atoms with Gasteiger partial charge >= 0.3 is 5.97 Å². The van der Waals surface area contributed by atoms with Crippen molar-refractivity contribution in [1.82, 2.24) is 4.98 Å². The van der Waals surface area contributed by atoms with E-state index in [0.717, 1.165) is 53.2 Å². The maximum absolute atomic E-state index is 13.8. The summed E-state index contributed by atoms with van der Waals surface area (Å²) in [4.78, 5) is 17.5. The average molecular weight is 525 g/mol. The minimum Gasteiger partial charge on any atom is -0.460 e. The second-order valence-electron chi connectivity index (χ2n) is 12.0. The number of benzene rings is 1. The lowest BCUT2D eigenvalue weighted by Crippen LogP contribution is -2.45. The van der Waals surface area contributed by atoms with Gasteiger partial charge in [0.1, 0.15) is 17.2 Å². The van der Waals surface area contributed by atoms with Gasteiger partial charge in [-0.3, -0.25) is 4.79 Å². The van der Waals surface area contributed by atoms with Crippen molar-refractivity contribution >= 4 is 17.9 Å². The Morgan fingerprint density at radius 1 is 1.24 bits per heavy atom. The molecule has 38 heavy (non-hydrogen) atoms. The van der Waals surface area contributed by atoms with Crippen molar-refractivity contribution in [2.45, 2.75) is 104 Å². The summed E-state index contributed by atoms with van der Waals surface area (Å²) in [6.07, 6.45) is 6.16. The molecule has 1 fully saturated rings. The zero-order valence-electron chi connectivity index (χ0n) is 23.7. The van der Waals surface area contributed by atoms with Crippen LogP contribution in [0.5, 0.6) is 0 Å². The van der Waals surface area contributed by atoms with Crippen LogP contribution in [0.15, 0.2) is 30.3 Å². The minimum absolute atomic E-state index is 0.165. The van der Waals surface area contributed by atoms with Crippen LogP contribution in [0.2, 0.25) is 0 Å². The molecule has 2 aromatic rings. The molecule has 0 aliphatic carbocycles. The number of carbonyl (C=O) groups excluding carboxylic acids is 1. The van der Waals surface area contributed by atoms with E-state index in [2.05, 4.69) is 25.2 Å². The molecular formula is C31H41FN2O4. The van der Waals surface area contributed by atoms with Crippen molar-refractivity contribution < 1.29 is 23.4 Å². The number of nitrogens with zero attached hydrogens (tertiary/aromatic N) is 1. The van der Waals surface area contributed by atoms with E-state index in [-0.39, 0.29) is 36.3 Å². The first-order valence-corrected chi connectivity index (χ1v) is 13.6. The zero-order valence-corrected chi connectivity index (χ0v) is 23.7. The first kappa shape index (κ1) is 28.2. The highest BCUT2D eigenvalue weighted by Crippen LogP contribution is 2.39. The van der Waals surface area contributed by atoms with E-state index < -0.39 is 11.4 Å². The van der Waals surface area contributed by atoms with Crippen LogP contribution in [0, 0.1) is 5.82 Å². The Labute approximate surface area is 226 Å². The van der Waals surface area contributed by atoms with Crippen molar-refractivity contribution in [3.8, 4) is 11.1 Å². The van der Waals surface area contributed by atoms with E-state index in [9.17, 15) is 9.18 Å². The third-order valence-corrected chi connectivity index (χ3v) is 6.61. The number of hydrogen-bond acceptors (Lipinski definition) is 6. The number of carbonyl (C=O) groups is 1. The van der Waals surface area contributed by atoms with Gasteiger partial charge in [0.2, 0.25) is 0 Å². The summed E-state index contributed by atoms with van der Waals surface area (Å²) in [5, 5.41) is 3.47. The fraction of sp³-hybridized carbons (Fsp3) is 0.548. The molecule has 0 amide bonds. The molecular weight excluding hydrogens is 483 g/mol. The first-order valence-electron chi connectivity index (χ1n) is 13.6. The van der Waals surface area contributed by atoms with Crippen LogP contribution in [-0.2, 0) is 25.4 Å². The van der Waals surface area contributed by atoms with Gasteiger partial charge < -0.3 is 19.5 Å². The number of aromatic nitrogens is 1. The molecule has 7 heteroatoms. The molecule has 0 bridgehead atoms. The van der Waals surface area contributed by atoms with E-state index in [1.165, 1.54) is 12.1 Å². The van der Waals surface area contributed by atoms with Gasteiger partial charge in [-0.25, -0.2) is 9.37 Å². The summed E-state index contributed by atoms with van der Waals surface area (Å²) in [7, 11) is 0. The van der Waals surface area contributed by atoms with Gasteiger partial charge in [0.25, 0.3) is 0 Å². The number of rotatable bonds is 6. The fourth-order valence-electron chi connectivity index (χ4n) is 5.24. The number of ether oxygens (including phenoxy) is 3. The molecule has 0 unspecified atom stereocenters. The van der Waals surface area contributed by atoms with Crippen LogP contribution in [0.4, 0.5) is 10.2 Å². The van der Waals surface area contributed by atoms with E-state index in [1.54, 1.807) is 0 Å². The summed E-state index contributed by atoms with van der Waals surface area (Å²) in [6.45, 7) is 14.5. The van der Waals surface area contributed by atoms with Crippen molar-refractivity contribution in [3.63, 3.8) is 0 Å². The van der Waals surface area contributed by atoms with Crippen LogP contribution in [0.3, 0.4) is 0 Å². The third kappa shape index (κ3) is 7.00. The SMILES string of the molecule is CC(C)c1nc2c(c(-c3ccc(F)cc3)c1/C=C/[C@@H]1C[C@H](CC(=O)OC(C)(C)C)OC(C)(C)O1)CCCN2. The van der Waals surface area contributed by atoms with Gasteiger partial charge in [-0.15, -0.1) is 0 Å². The highest BCUT2D eigenvalue weighted by molar-refractivity contribution is 5.83. The lowest BCUT2D eigenvalue weighted by Gasteiger charge is -2.40. The highest BCUT2D eigenvalue weighted by atomic mass is 19.1. The molecule has 0 spiro atoms. The van der Waals surface area contributed by atoms with Gasteiger partial charge in [0.05, 0.1) is 24.3 Å². The van der Waals surface area contributed by atoms with Crippen LogP contribution in [-0.4, -0.2) is 41.1 Å². The molecule has 1 N–H and O–H groups in total. The second-order valence-corrected chi connectivity index (χ2v) is 12.0. The Bertz CT molecular complexity index is 1180. The molecule has 206 valence electrons. The smallest absolute Gasteiger partial charge is 0.308 e. The Balaban J connectivity index is 1.70. The topological polar surface area (TPSA) is 69.7 Å². The highest BCUT2D eigenvalue weighted by Gasteiger charge is 2.36. The number of anilines is 1. The molecule has 0 radical (unpaired) electrons. The molecule has 6 nitrogen and oxygen atoms in total. The second kappa shape index (κ2) is 11.1. The molecule has 2 aliphatic heterocycles. The maximum atomic E-state index is 13.8. The Hall–Kier alpha value is -2.77. The van der Waals surface area contributed by atoms with Crippen molar-refractivity contribution in [2.75, 3.05) is 11.9 Å². The standard InChI is InChI=1S/C31H41FN2O4/c1-19(2)28-24(27(20-10-12-21(32)13-11-20)25-9-8-16-33-29(25)34-28)15-14-22-17-23(37-31(6,7)36-22)18-26(35)38-30(3,4)5/h10-15,19,22-23H,8-9,16-18H2,1-7H3,(H,33,34)/b15-14+/t22-,23-/m1/s1. The summed E-state index contributed by atoms with van der Waals surface area (Å²) in [6, 6.07) is 6.69. The summed E-state index contributed by atoms with van der Waals surface area (Å²) in [5.74, 6) is -0.300. The van der Waals surface area contributed by atoms with E-state index in [4.69, 9.17) is 19.2 Å². The van der Waals surface area contributed by atoms with Crippen LogP contribution >= 0.6 is 0 Å². The molecule has 4 rings (SSSR count). The van der Waals surface area contributed by atoms with E-state index >= 15 is 0 Å². The largest absolute Gasteiger partial charge is 0.460 e. The monoisotopic (exact) mass is 524 g/mol. The van der Waals surface area contributed by atoms with Crippen LogP contribution in [0.25, 0.3) is 17.2 Å². The van der Waals surface area contributed by atoms with Gasteiger partial charge in [0, 0.05) is 24.1 Å². The number of hydrogen-bond donors (Lipinski definition) is 1. The van der Waals surface area contributed by atoms with Crippen LogP contribution in [0.1, 0.15) is 90.5 Å². The molecule has 1 saturated heterocycles. The Morgan fingerprint density at radius 2 is 1.95 bits per heavy atom. The number of esters is 1. The lowest BCUT2D eigenvalue weighted by molar-refractivity contribution is -0.290. The Morgan fingerprint density at radius 3 is 2.61 bits per heavy atom. The number of fused-ring (bicyclic) bond motifs is 1. The number of halogens is 1. The summed E-state index contributed by atoms with van der Waals surface area (Å²) in [5.41, 5.74) is 4.65. The number of nitrogens with one attached hydrogen (secondary N) is 1.